The SMILES string of the molecule is Nc1nc2c[nH+]ccc2c2nc[nH]c12. The van der Waals surface area contributed by atoms with E-state index in [-0.39, 0.29) is 0 Å². The Labute approximate surface area is 79.0 Å². The van der Waals surface area contributed by atoms with Gasteiger partial charge in [-0.25, -0.2) is 15.0 Å². The highest BCUT2D eigenvalue weighted by Gasteiger charge is 2.08. The van der Waals surface area contributed by atoms with Crippen molar-refractivity contribution in [2.45, 2.75) is 0 Å². The molecule has 0 fully saturated rings. The number of nitrogens with two attached hydrogens (primary N) is 1. The lowest BCUT2D eigenvalue weighted by atomic mass is 10.2. The quantitative estimate of drug-likeness (QED) is 0.536. The maximum absolute atomic E-state index is 5.77. The normalized spacial score (nSPS) is 11.1. The van der Waals surface area contributed by atoms with Gasteiger partial charge in [0.15, 0.2) is 12.4 Å². The molecule has 0 saturated carbocycles. The minimum absolute atomic E-state index is 0.476. The average molecular weight is 186 g/mol. The van der Waals surface area contributed by atoms with Crippen molar-refractivity contribution in [1.82, 2.24) is 15.0 Å². The van der Waals surface area contributed by atoms with Crippen molar-refractivity contribution in [1.29, 1.82) is 0 Å². The van der Waals surface area contributed by atoms with Crippen LogP contribution in [-0.4, -0.2) is 15.0 Å². The second-order valence-corrected chi connectivity index (χ2v) is 3.07. The number of aromatic nitrogens is 4. The molecule has 68 valence electrons. The number of hydrogen-bond acceptors (Lipinski definition) is 3. The number of anilines is 1. The van der Waals surface area contributed by atoms with Gasteiger partial charge in [0.05, 0.1) is 6.33 Å². The topological polar surface area (TPSA) is 81.7 Å². The summed E-state index contributed by atoms with van der Waals surface area (Å²) in [6.45, 7) is 0. The number of nitrogens with zero attached hydrogens (tertiary/aromatic N) is 2. The minimum atomic E-state index is 0.476. The third kappa shape index (κ3) is 0.806. The van der Waals surface area contributed by atoms with E-state index in [4.69, 9.17) is 5.73 Å². The summed E-state index contributed by atoms with van der Waals surface area (Å²) in [5.41, 5.74) is 8.25. The molecule has 0 radical (unpaired) electrons. The Balaban J connectivity index is 2.66. The van der Waals surface area contributed by atoms with Crippen LogP contribution in [0.1, 0.15) is 0 Å². The van der Waals surface area contributed by atoms with Gasteiger partial charge in [-0.3, -0.25) is 0 Å². The number of fused-ring (bicyclic) bond motifs is 3. The Hall–Kier alpha value is -2.17. The van der Waals surface area contributed by atoms with Crippen LogP contribution in [0, 0.1) is 0 Å². The fourth-order valence-corrected chi connectivity index (χ4v) is 1.59. The summed E-state index contributed by atoms with van der Waals surface area (Å²) < 4.78 is 0. The van der Waals surface area contributed by atoms with Gasteiger partial charge < -0.3 is 10.7 Å². The Morgan fingerprint density at radius 1 is 1.43 bits per heavy atom. The van der Waals surface area contributed by atoms with Crippen molar-refractivity contribution in [3.8, 4) is 0 Å². The van der Waals surface area contributed by atoms with Gasteiger partial charge in [0.1, 0.15) is 22.4 Å². The number of nitrogen functional groups attached to an aromatic ring is 1. The fraction of sp³-hybridized carbons (Fsp3) is 0. The Morgan fingerprint density at radius 3 is 3.29 bits per heavy atom. The zero-order chi connectivity index (χ0) is 9.54. The van der Waals surface area contributed by atoms with Gasteiger partial charge in [-0.05, 0) is 0 Å². The van der Waals surface area contributed by atoms with Crippen molar-refractivity contribution in [3.63, 3.8) is 0 Å². The molecule has 5 nitrogen and oxygen atoms in total. The van der Waals surface area contributed by atoms with Crippen LogP contribution in [0.5, 0.6) is 0 Å². The van der Waals surface area contributed by atoms with E-state index in [1.807, 2.05) is 12.3 Å². The van der Waals surface area contributed by atoms with Gasteiger partial charge in [0, 0.05) is 11.5 Å². The first-order valence-electron chi connectivity index (χ1n) is 4.24. The molecule has 0 aliphatic heterocycles. The van der Waals surface area contributed by atoms with E-state index < -0.39 is 0 Å². The summed E-state index contributed by atoms with van der Waals surface area (Å²) in [6, 6.07) is 1.94. The Kier molecular flexibility index (Phi) is 1.25. The van der Waals surface area contributed by atoms with Crippen LogP contribution in [0.15, 0.2) is 24.8 Å². The van der Waals surface area contributed by atoms with Crippen LogP contribution >= 0.6 is 0 Å². The molecule has 0 amide bonds. The van der Waals surface area contributed by atoms with Gasteiger partial charge in [-0.15, -0.1) is 0 Å². The predicted octanol–water partition coefficient (Wildman–Crippen LogP) is 0.507. The second-order valence-electron chi connectivity index (χ2n) is 3.07. The number of imidazole rings is 1. The summed E-state index contributed by atoms with van der Waals surface area (Å²) in [4.78, 5) is 14.4. The summed E-state index contributed by atoms with van der Waals surface area (Å²) in [5.74, 6) is 0.476. The minimum Gasteiger partial charge on any atom is -0.382 e. The maximum Gasteiger partial charge on any atom is 0.193 e. The van der Waals surface area contributed by atoms with Crippen molar-refractivity contribution < 1.29 is 4.98 Å². The fourth-order valence-electron chi connectivity index (χ4n) is 1.59. The van der Waals surface area contributed by atoms with Crippen LogP contribution in [0.4, 0.5) is 5.82 Å². The summed E-state index contributed by atoms with van der Waals surface area (Å²) >= 11 is 0. The van der Waals surface area contributed by atoms with E-state index in [1.165, 1.54) is 0 Å². The van der Waals surface area contributed by atoms with Crippen molar-refractivity contribution in [2.75, 3.05) is 5.73 Å². The number of aromatic amines is 2. The molecule has 3 aromatic rings. The molecule has 0 aliphatic carbocycles. The Bertz CT molecular complexity index is 613. The lowest BCUT2D eigenvalue weighted by molar-refractivity contribution is -0.376. The van der Waals surface area contributed by atoms with Crippen LogP contribution in [-0.2, 0) is 0 Å². The van der Waals surface area contributed by atoms with Gasteiger partial charge in [0.2, 0.25) is 0 Å². The van der Waals surface area contributed by atoms with E-state index in [1.54, 1.807) is 12.5 Å². The number of nitrogens with one attached hydrogen (secondary N) is 2. The van der Waals surface area contributed by atoms with E-state index in [9.17, 15) is 0 Å². The molecule has 3 rings (SSSR count). The standard InChI is InChI=1S/C9H7N5/c10-9-8-7(12-4-13-8)5-1-2-11-3-6(5)14-9/h1-4H,(H2,10,14)(H,12,13)/p+1. The van der Waals surface area contributed by atoms with Crippen LogP contribution < -0.4 is 10.7 Å². The molecule has 0 spiro atoms. The first-order chi connectivity index (χ1) is 6.86. The van der Waals surface area contributed by atoms with E-state index in [0.717, 1.165) is 21.9 Å². The zero-order valence-corrected chi connectivity index (χ0v) is 7.28. The van der Waals surface area contributed by atoms with E-state index >= 15 is 0 Å². The van der Waals surface area contributed by atoms with Gasteiger partial charge >= 0.3 is 0 Å². The first-order valence-corrected chi connectivity index (χ1v) is 4.24. The molecular formula is C9H8N5+. The third-order valence-electron chi connectivity index (χ3n) is 2.23. The number of pyridine rings is 2. The zero-order valence-electron chi connectivity index (χ0n) is 7.28. The molecule has 0 aromatic carbocycles. The highest BCUT2D eigenvalue weighted by molar-refractivity contribution is 6.05. The molecular weight excluding hydrogens is 178 g/mol. The molecule has 0 aliphatic rings. The first kappa shape index (κ1) is 7.25. The van der Waals surface area contributed by atoms with Crippen molar-refractivity contribution >= 4 is 27.8 Å². The van der Waals surface area contributed by atoms with Crippen molar-refractivity contribution in [2.24, 2.45) is 0 Å². The summed E-state index contributed by atoms with van der Waals surface area (Å²) in [6.07, 6.45) is 5.27. The smallest absolute Gasteiger partial charge is 0.193 e. The molecule has 3 heterocycles. The van der Waals surface area contributed by atoms with E-state index in [2.05, 4.69) is 19.9 Å². The molecule has 0 bridgehead atoms. The molecule has 0 saturated heterocycles. The number of H-pyrrole nitrogens is 2. The van der Waals surface area contributed by atoms with Crippen LogP contribution in [0.25, 0.3) is 21.9 Å². The largest absolute Gasteiger partial charge is 0.382 e. The number of hydrogen-bond donors (Lipinski definition) is 2. The molecule has 4 N–H and O–H groups in total. The summed E-state index contributed by atoms with van der Waals surface area (Å²) in [5, 5.41) is 0.995. The monoisotopic (exact) mass is 186 g/mol. The lowest BCUT2D eigenvalue weighted by Crippen LogP contribution is -2.01. The second kappa shape index (κ2) is 2.41. The van der Waals surface area contributed by atoms with Gasteiger partial charge in [-0.2, -0.15) is 0 Å². The highest BCUT2D eigenvalue weighted by Crippen LogP contribution is 2.22. The molecule has 3 aromatic heterocycles. The van der Waals surface area contributed by atoms with Gasteiger partial charge in [-0.1, -0.05) is 0 Å². The Morgan fingerprint density at radius 2 is 2.36 bits per heavy atom. The van der Waals surface area contributed by atoms with Gasteiger partial charge in [0.25, 0.3) is 0 Å². The predicted molar refractivity (Wildman–Crippen MR) is 52.4 cm³/mol. The number of rotatable bonds is 0. The van der Waals surface area contributed by atoms with Crippen molar-refractivity contribution in [3.05, 3.63) is 24.8 Å². The molecule has 0 unspecified atom stereocenters. The lowest BCUT2D eigenvalue weighted by Gasteiger charge is -1.97. The van der Waals surface area contributed by atoms with Crippen LogP contribution in [0.2, 0.25) is 0 Å². The van der Waals surface area contributed by atoms with Crippen LogP contribution in [0.3, 0.4) is 0 Å². The molecule has 5 heteroatoms. The molecule has 14 heavy (non-hydrogen) atoms. The summed E-state index contributed by atoms with van der Waals surface area (Å²) in [7, 11) is 0. The highest BCUT2D eigenvalue weighted by atomic mass is 14.9. The van der Waals surface area contributed by atoms with E-state index in [0.29, 0.717) is 5.82 Å². The maximum atomic E-state index is 5.77. The molecule has 0 atom stereocenters. The third-order valence-corrected chi connectivity index (χ3v) is 2.23. The average Bonchev–Trinajstić information content (AvgIpc) is 2.67.